The molecule has 1 heterocycles. The molecule has 7 heteroatoms. The lowest BCUT2D eigenvalue weighted by atomic mass is 9.98. The van der Waals surface area contributed by atoms with E-state index < -0.39 is 26.8 Å². The van der Waals surface area contributed by atoms with E-state index in [0.29, 0.717) is 6.42 Å². The van der Waals surface area contributed by atoms with Crippen LogP contribution in [0.3, 0.4) is 0 Å². The Morgan fingerprint density at radius 3 is 2.79 bits per heavy atom. The summed E-state index contributed by atoms with van der Waals surface area (Å²) in [7, 11) is -3.95. The Bertz CT molecular complexity index is 576. The first kappa shape index (κ1) is 14.2. The van der Waals surface area contributed by atoms with Crippen LogP contribution in [-0.2, 0) is 10.0 Å². The Balaban J connectivity index is 2.35. The Hall–Kier alpha value is -1.18. The summed E-state index contributed by atoms with van der Waals surface area (Å²) in [6.45, 7) is 2.11. The third kappa shape index (κ3) is 2.72. The van der Waals surface area contributed by atoms with Gasteiger partial charge >= 0.3 is 0 Å². The van der Waals surface area contributed by atoms with Crippen molar-refractivity contribution < 1.29 is 17.9 Å². The van der Waals surface area contributed by atoms with E-state index in [-0.39, 0.29) is 24.7 Å². The van der Waals surface area contributed by atoms with E-state index in [0.717, 1.165) is 16.4 Å². The van der Waals surface area contributed by atoms with Gasteiger partial charge in [-0.05, 0) is 30.5 Å². The quantitative estimate of drug-likeness (QED) is 0.788. The van der Waals surface area contributed by atoms with Crippen molar-refractivity contribution in [1.29, 1.82) is 0 Å². The van der Waals surface area contributed by atoms with Crippen LogP contribution >= 0.6 is 0 Å². The summed E-state index contributed by atoms with van der Waals surface area (Å²) in [4.78, 5) is -0.436. The molecule has 5 nitrogen and oxygen atoms in total. The molecule has 0 aromatic heterocycles. The molecule has 2 rings (SSSR count). The highest BCUT2D eigenvalue weighted by Crippen LogP contribution is 2.26. The van der Waals surface area contributed by atoms with Gasteiger partial charge in [-0.15, -0.1) is 0 Å². The topological polar surface area (TPSA) is 83.6 Å². The van der Waals surface area contributed by atoms with Gasteiger partial charge in [-0.1, -0.05) is 6.92 Å². The van der Waals surface area contributed by atoms with Crippen molar-refractivity contribution in [1.82, 2.24) is 4.31 Å². The van der Waals surface area contributed by atoms with E-state index in [9.17, 15) is 17.9 Å². The fourth-order valence-corrected chi connectivity index (χ4v) is 3.67. The van der Waals surface area contributed by atoms with Crippen molar-refractivity contribution in [2.24, 2.45) is 5.92 Å². The van der Waals surface area contributed by atoms with Crippen LogP contribution in [0.1, 0.15) is 13.3 Å². The third-order valence-corrected chi connectivity index (χ3v) is 5.33. The number of halogens is 1. The van der Waals surface area contributed by atoms with E-state index >= 15 is 0 Å². The summed E-state index contributed by atoms with van der Waals surface area (Å²) in [6, 6.07) is 3.45. The van der Waals surface area contributed by atoms with Gasteiger partial charge in [-0.2, -0.15) is 4.31 Å². The normalized spacial score (nSPS) is 25.4. The molecule has 0 spiro atoms. The first-order chi connectivity index (χ1) is 8.82. The van der Waals surface area contributed by atoms with Crippen molar-refractivity contribution in [3.8, 4) is 0 Å². The molecule has 19 heavy (non-hydrogen) atoms. The van der Waals surface area contributed by atoms with Gasteiger partial charge in [0.15, 0.2) is 0 Å². The number of piperidine rings is 1. The molecule has 1 aromatic rings. The van der Waals surface area contributed by atoms with Gasteiger partial charge in [0.05, 0.1) is 6.10 Å². The summed E-state index contributed by atoms with van der Waals surface area (Å²) in [5, 5.41) is 9.76. The molecular formula is C12H17FN2O3S. The molecule has 1 aliphatic heterocycles. The number of anilines is 1. The average molecular weight is 288 g/mol. The zero-order chi connectivity index (χ0) is 14.2. The second kappa shape index (κ2) is 5.07. The van der Waals surface area contributed by atoms with Crippen LogP contribution in [0.25, 0.3) is 0 Å². The number of hydrogen-bond acceptors (Lipinski definition) is 4. The largest absolute Gasteiger partial charge is 0.399 e. The molecule has 3 N–H and O–H groups in total. The number of aliphatic hydroxyl groups is 1. The smallest absolute Gasteiger partial charge is 0.246 e. The highest BCUT2D eigenvalue weighted by Gasteiger charge is 2.34. The number of nitrogens with two attached hydrogens (primary N) is 1. The van der Waals surface area contributed by atoms with Gasteiger partial charge in [0.25, 0.3) is 0 Å². The number of β-amino-alcohol motifs (C(OH)–C–C–N with tert-alkyl or cyclic N) is 1. The van der Waals surface area contributed by atoms with Crippen molar-refractivity contribution in [3.05, 3.63) is 24.0 Å². The monoisotopic (exact) mass is 288 g/mol. The summed E-state index contributed by atoms with van der Waals surface area (Å²) in [5.74, 6) is -0.792. The van der Waals surface area contributed by atoms with Crippen molar-refractivity contribution >= 4 is 15.7 Å². The van der Waals surface area contributed by atoms with Crippen LogP contribution in [0.5, 0.6) is 0 Å². The zero-order valence-corrected chi connectivity index (χ0v) is 11.4. The summed E-state index contributed by atoms with van der Waals surface area (Å²) >= 11 is 0. The maximum atomic E-state index is 13.7. The molecule has 2 atom stereocenters. The molecule has 1 fully saturated rings. The summed E-state index contributed by atoms with van der Waals surface area (Å²) in [5.41, 5.74) is 5.69. The van der Waals surface area contributed by atoms with Crippen molar-refractivity contribution in [2.45, 2.75) is 24.3 Å². The lowest BCUT2D eigenvalue weighted by molar-refractivity contribution is 0.0604. The first-order valence-electron chi connectivity index (χ1n) is 6.05. The van der Waals surface area contributed by atoms with Crippen LogP contribution in [0.2, 0.25) is 0 Å². The molecular weight excluding hydrogens is 271 g/mol. The minimum Gasteiger partial charge on any atom is -0.399 e. The molecule has 106 valence electrons. The van der Waals surface area contributed by atoms with Gasteiger partial charge in [-0.3, -0.25) is 0 Å². The van der Waals surface area contributed by atoms with Gasteiger partial charge in [0, 0.05) is 18.8 Å². The average Bonchev–Trinajstić information content (AvgIpc) is 2.35. The number of nitrogens with zero attached hydrogens (tertiary/aromatic N) is 1. The zero-order valence-electron chi connectivity index (χ0n) is 10.6. The third-order valence-electron chi connectivity index (χ3n) is 3.45. The Labute approximate surface area is 111 Å². The Morgan fingerprint density at radius 2 is 2.16 bits per heavy atom. The molecule has 0 saturated carbocycles. The van der Waals surface area contributed by atoms with Gasteiger partial charge in [0.2, 0.25) is 10.0 Å². The highest BCUT2D eigenvalue weighted by molar-refractivity contribution is 7.89. The Morgan fingerprint density at radius 1 is 1.47 bits per heavy atom. The second-order valence-electron chi connectivity index (χ2n) is 4.89. The predicted octanol–water partition coefficient (Wildman–Crippen LogP) is 0.799. The van der Waals surface area contributed by atoms with Crippen LogP contribution in [0.15, 0.2) is 23.1 Å². The molecule has 1 saturated heterocycles. The molecule has 1 aliphatic rings. The standard InChI is InChI=1S/C12H17FN2O3S/c1-8-4-5-15(7-11(8)16)19(17,18)12-6-9(14)2-3-10(12)13/h2-3,6,8,11,16H,4-5,7,14H2,1H3. The SMILES string of the molecule is CC1CCN(S(=O)(=O)c2cc(N)ccc2F)CC1O. The number of benzene rings is 1. The summed E-state index contributed by atoms with van der Waals surface area (Å²) < 4.78 is 39.4. The number of nitrogen functional groups attached to an aromatic ring is 1. The van der Waals surface area contributed by atoms with Crippen LogP contribution in [0, 0.1) is 11.7 Å². The maximum absolute atomic E-state index is 13.7. The minimum absolute atomic E-state index is 0.0161. The van der Waals surface area contributed by atoms with E-state index in [1.54, 1.807) is 0 Å². The minimum atomic E-state index is -3.95. The predicted molar refractivity (Wildman–Crippen MR) is 69.4 cm³/mol. The highest BCUT2D eigenvalue weighted by atomic mass is 32.2. The number of sulfonamides is 1. The van der Waals surface area contributed by atoms with Crippen LogP contribution in [0.4, 0.5) is 10.1 Å². The molecule has 0 bridgehead atoms. The number of rotatable bonds is 2. The first-order valence-corrected chi connectivity index (χ1v) is 7.49. The fourth-order valence-electron chi connectivity index (χ4n) is 2.09. The molecule has 0 aliphatic carbocycles. The van der Waals surface area contributed by atoms with E-state index in [1.807, 2.05) is 6.92 Å². The van der Waals surface area contributed by atoms with Crippen LogP contribution in [-0.4, -0.2) is 37.0 Å². The van der Waals surface area contributed by atoms with E-state index in [2.05, 4.69) is 0 Å². The van der Waals surface area contributed by atoms with E-state index in [1.165, 1.54) is 6.07 Å². The Kier molecular flexibility index (Phi) is 3.80. The van der Waals surface area contributed by atoms with Gasteiger partial charge < -0.3 is 10.8 Å². The van der Waals surface area contributed by atoms with Crippen molar-refractivity contribution in [3.63, 3.8) is 0 Å². The van der Waals surface area contributed by atoms with Crippen molar-refractivity contribution in [2.75, 3.05) is 18.8 Å². The molecule has 1 aromatic carbocycles. The summed E-state index contributed by atoms with van der Waals surface area (Å²) in [6.07, 6.45) is -0.183. The van der Waals surface area contributed by atoms with Gasteiger partial charge in [0.1, 0.15) is 10.7 Å². The number of aliphatic hydroxyl groups excluding tert-OH is 1. The van der Waals surface area contributed by atoms with Gasteiger partial charge in [-0.25, -0.2) is 12.8 Å². The molecule has 0 amide bonds. The molecule has 0 radical (unpaired) electrons. The fraction of sp³-hybridized carbons (Fsp3) is 0.500. The number of hydrogen-bond donors (Lipinski definition) is 2. The lowest BCUT2D eigenvalue weighted by Crippen LogP contribution is -2.45. The maximum Gasteiger partial charge on any atom is 0.246 e. The second-order valence-corrected chi connectivity index (χ2v) is 6.79. The molecule has 2 unspecified atom stereocenters. The van der Waals surface area contributed by atoms with E-state index in [4.69, 9.17) is 5.73 Å². The lowest BCUT2D eigenvalue weighted by Gasteiger charge is -2.33. The van der Waals surface area contributed by atoms with Crippen LogP contribution < -0.4 is 5.73 Å².